The first-order valence-corrected chi connectivity index (χ1v) is 5.24. The lowest BCUT2D eigenvalue weighted by Gasteiger charge is -2.25. The molecule has 3 heteroatoms. The maximum Gasteiger partial charge on any atom is 0.109 e. The van der Waals surface area contributed by atoms with Crippen molar-refractivity contribution in [2.45, 2.75) is 25.6 Å². The Labute approximate surface area is 94.4 Å². The number of hydrogen-bond donors (Lipinski definition) is 2. The topological polar surface area (TPSA) is 53.4 Å². The van der Waals surface area contributed by atoms with Crippen LogP contribution < -0.4 is 0 Å². The number of para-hydroxylation sites is 1. The lowest BCUT2D eigenvalue weighted by molar-refractivity contribution is -0.0490. The van der Waals surface area contributed by atoms with Gasteiger partial charge in [0, 0.05) is 17.1 Å². The van der Waals surface area contributed by atoms with E-state index in [9.17, 15) is 10.2 Å². The van der Waals surface area contributed by atoms with Gasteiger partial charge in [-0.05, 0) is 19.9 Å². The van der Waals surface area contributed by atoms with Crippen LogP contribution in [-0.4, -0.2) is 20.8 Å². The fraction of sp³-hybridized carbons (Fsp3) is 0.308. The summed E-state index contributed by atoms with van der Waals surface area (Å²) in [4.78, 5) is 4.24. The zero-order valence-corrected chi connectivity index (χ0v) is 9.38. The van der Waals surface area contributed by atoms with Gasteiger partial charge in [-0.3, -0.25) is 4.98 Å². The van der Waals surface area contributed by atoms with Gasteiger partial charge in [-0.1, -0.05) is 24.3 Å². The SMILES string of the molecule is CC(C)(O)C(O)c1cccc2cccnc12. The summed E-state index contributed by atoms with van der Waals surface area (Å²) in [6.45, 7) is 3.17. The lowest BCUT2D eigenvalue weighted by Crippen LogP contribution is -2.28. The second kappa shape index (κ2) is 3.85. The van der Waals surface area contributed by atoms with Crippen molar-refractivity contribution >= 4 is 10.9 Å². The first-order chi connectivity index (χ1) is 7.50. The van der Waals surface area contributed by atoms with Crippen LogP contribution in [-0.2, 0) is 0 Å². The highest BCUT2D eigenvalue weighted by atomic mass is 16.3. The zero-order chi connectivity index (χ0) is 11.8. The molecule has 1 unspecified atom stereocenters. The summed E-state index contributed by atoms with van der Waals surface area (Å²) >= 11 is 0. The Morgan fingerprint density at radius 1 is 1.19 bits per heavy atom. The van der Waals surface area contributed by atoms with Gasteiger partial charge in [0.05, 0.1) is 11.1 Å². The number of fused-ring (bicyclic) bond motifs is 1. The first kappa shape index (κ1) is 11.0. The van der Waals surface area contributed by atoms with Crippen molar-refractivity contribution < 1.29 is 10.2 Å². The molecule has 2 aromatic rings. The summed E-state index contributed by atoms with van der Waals surface area (Å²) in [6.07, 6.45) is 0.745. The Morgan fingerprint density at radius 2 is 1.88 bits per heavy atom. The summed E-state index contributed by atoms with van der Waals surface area (Å²) in [6, 6.07) is 9.36. The molecule has 0 radical (unpaired) electrons. The quantitative estimate of drug-likeness (QED) is 0.809. The van der Waals surface area contributed by atoms with Gasteiger partial charge >= 0.3 is 0 Å². The highest BCUT2D eigenvalue weighted by Crippen LogP contribution is 2.29. The molecule has 0 fully saturated rings. The maximum atomic E-state index is 10.1. The highest BCUT2D eigenvalue weighted by Gasteiger charge is 2.27. The third-order valence-electron chi connectivity index (χ3n) is 2.63. The van der Waals surface area contributed by atoms with E-state index in [2.05, 4.69) is 4.98 Å². The van der Waals surface area contributed by atoms with Crippen LogP contribution in [0.25, 0.3) is 10.9 Å². The van der Waals surface area contributed by atoms with Crippen molar-refractivity contribution in [1.82, 2.24) is 4.98 Å². The van der Waals surface area contributed by atoms with Gasteiger partial charge in [0.2, 0.25) is 0 Å². The smallest absolute Gasteiger partial charge is 0.109 e. The largest absolute Gasteiger partial charge is 0.387 e. The minimum Gasteiger partial charge on any atom is -0.387 e. The van der Waals surface area contributed by atoms with Crippen molar-refractivity contribution in [3.05, 3.63) is 42.1 Å². The molecule has 3 nitrogen and oxygen atoms in total. The van der Waals surface area contributed by atoms with Crippen LogP contribution in [0.1, 0.15) is 25.5 Å². The van der Waals surface area contributed by atoms with E-state index in [0.29, 0.717) is 5.56 Å². The third-order valence-corrected chi connectivity index (χ3v) is 2.63. The predicted octanol–water partition coefficient (Wildman–Crippen LogP) is 2.04. The number of aromatic nitrogens is 1. The van der Waals surface area contributed by atoms with Gasteiger partial charge in [-0.15, -0.1) is 0 Å². The summed E-state index contributed by atoms with van der Waals surface area (Å²) in [5.41, 5.74) is 0.219. The van der Waals surface area contributed by atoms with E-state index in [4.69, 9.17) is 0 Å². The number of nitrogens with zero attached hydrogens (tertiary/aromatic N) is 1. The Balaban J connectivity index is 2.61. The number of aliphatic hydroxyl groups excluding tert-OH is 1. The van der Waals surface area contributed by atoms with E-state index in [0.717, 1.165) is 10.9 Å². The van der Waals surface area contributed by atoms with E-state index in [-0.39, 0.29) is 0 Å². The fourth-order valence-electron chi connectivity index (χ4n) is 1.73. The third kappa shape index (κ3) is 1.92. The second-order valence-corrected chi connectivity index (χ2v) is 4.48. The molecule has 0 saturated carbocycles. The van der Waals surface area contributed by atoms with E-state index >= 15 is 0 Å². The predicted molar refractivity (Wildman–Crippen MR) is 63.0 cm³/mol. The minimum absolute atomic E-state index is 0.658. The van der Waals surface area contributed by atoms with Crippen LogP contribution in [0.2, 0.25) is 0 Å². The number of rotatable bonds is 2. The molecule has 84 valence electrons. The number of benzene rings is 1. The van der Waals surface area contributed by atoms with Gasteiger partial charge in [-0.2, -0.15) is 0 Å². The van der Waals surface area contributed by atoms with Crippen molar-refractivity contribution in [2.24, 2.45) is 0 Å². The van der Waals surface area contributed by atoms with E-state index in [1.807, 2.05) is 24.3 Å². The van der Waals surface area contributed by atoms with E-state index in [1.54, 1.807) is 26.1 Å². The monoisotopic (exact) mass is 217 g/mol. The summed E-state index contributed by atoms with van der Waals surface area (Å²) in [5.74, 6) is 0. The Kier molecular flexibility index (Phi) is 2.66. The van der Waals surface area contributed by atoms with Crippen molar-refractivity contribution in [3.63, 3.8) is 0 Å². The normalized spacial score (nSPS) is 14.0. The molecule has 1 atom stereocenters. The van der Waals surface area contributed by atoms with Crippen molar-refractivity contribution in [1.29, 1.82) is 0 Å². The molecule has 1 aromatic heterocycles. The van der Waals surface area contributed by atoms with Gasteiger partial charge in [0.1, 0.15) is 6.10 Å². The summed E-state index contributed by atoms with van der Waals surface area (Å²) < 4.78 is 0. The van der Waals surface area contributed by atoms with Crippen LogP contribution in [0.4, 0.5) is 0 Å². The first-order valence-electron chi connectivity index (χ1n) is 5.24. The van der Waals surface area contributed by atoms with E-state index in [1.165, 1.54) is 0 Å². The van der Waals surface area contributed by atoms with Crippen molar-refractivity contribution in [3.8, 4) is 0 Å². The molecule has 0 aliphatic heterocycles. The van der Waals surface area contributed by atoms with Crippen LogP contribution in [0.15, 0.2) is 36.5 Å². The van der Waals surface area contributed by atoms with Crippen LogP contribution in [0.5, 0.6) is 0 Å². The Hall–Kier alpha value is -1.45. The van der Waals surface area contributed by atoms with Crippen LogP contribution in [0, 0.1) is 0 Å². The molecule has 1 aromatic carbocycles. The number of aliphatic hydroxyl groups is 2. The molecular formula is C13H15NO2. The Bertz CT molecular complexity index is 497. The van der Waals surface area contributed by atoms with Crippen LogP contribution in [0.3, 0.4) is 0 Å². The Morgan fingerprint density at radius 3 is 2.56 bits per heavy atom. The number of pyridine rings is 1. The van der Waals surface area contributed by atoms with Crippen molar-refractivity contribution in [2.75, 3.05) is 0 Å². The summed E-state index contributed by atoms with van der Waals surface area (Å²) in [5, 5.41) is 20.8. The molecule has 0 bridgehead atoms. The van der Waals surface area contributed by atoms with Gasteiger partial charge in [-0.25, -0.2) is 0 Å². The highest BCUT2D eigenvalue weighted by molar-refractivity contribution is 5.81. The van der Waals surface area contributed by atoms with Gasteiger partial charge < -0.3 is 10.2 Å². The zero-order valence-electron chi connectivity index (χ0n) is 9.38. The standard InChI is InChI=1S/C13H15NO2/c1-13(2,16)12(15)10-7-3-5-9-6-4-8-14-11(9)10/h3-8,12,15-16H,1-2H3. The van der Waals surface area contributed by atoms with Crippen LogP contribution >= 0.6 is 0 Å². The fourth-order valence-corrected chi connectivity index (χ4v) is 1.73. The van der Waals surface area contributed by atoms with Gasteiger partial charge in [0.25, 0.3) is 0 Å². The minimum atomic E-state index is -1.17. The molecule has 16 heavy (non-hydrogen) atoms. The average Bonchev–Trinajstić information content (AvgIpc) is 2.26. The molecule has 0 amide bonds. The molecule has 0 spiro atoms. The molecule has 2 rings (SSSR count). The lowest BCUT2D eigenvalue weighted by atomic mass is 9.93. The van der Waals surface area contributed by atoms with Gasteiger partial charge in [0.15, 0.2) is 0 Å². The average molecular weight is 217 g/mol. The number of hydrogen-bond acceptors (Lipinski definition) is 3. The molecule has 0 aliphatic rings. The van der Waals surface area contributed by atoms with E-state index < -0.39 is 11.7 Å². The molecule has 0 aliphatic carbocycles. The molecular weight excluding hydrogens is 202 g/mol. The second-order valence-electron chi connectivity index (χ2n) is 4.48. The maximum absolute atomic E-state index is 10.1. The molecule has 0 saturated heterocycles. The summed E-state index contributed by atoms with van der Waals surface area (Å²) in [7, 11) is 0. The molecule has 2 N–H and O–H groups in total. The molecule has 1 heterocycles.